The van der Waals surface area contributed by atoms with Crippen LogP contribution >= 0.6 is 0 Å². The maximum Gasteiger partial charge on any atom is 0.339 e. The van der Waals surface area contributed by atoms with Gasteiger partial charge in [-0.05, 0) is 44.2 Å². The summed E-state index contributed by atoms with van der Waals surface area (Å²) < 4.78 is 10.5. The molecule has 152 valence electrons. The number of ketones is 2. The Hall–Kier alpha value is -3.73. The zero-order chi connectivity index (χ0) is 21.7. The van der Waals surface area contributed by atoms with Gasteiger partial charge in [0.15, 0.2) is 11.9 Å². The molecule has 0 fully saturated rings. The predicted octanol–water partition coefficient (Wildman–Crippen LogP) is 4.66. The highest BCUT2D eigenvalue weighted by molar-refractivity contribution is 6.14. The van der Waals surface area contributed by atoms with E-state index in [9.17, 15) is 14.4 Å². The first kappa shape index (κ1) is 21.0. The minimum atomic E-state index is -1.01. The number of methoxy groups -OCH3 is 1. The van der Waals surface area contributed by atoms with Gasteiger partial charge in [-0.3, -0.25) is 9.59 Å². The topological polar surface area (TPSA) is 69.7 Å². The number of carbonyl (C=O) groups excluding carboxylic acids is 3. The van der Waals surface area contributed by atoms with Gasteiger partial charge in [-0.15, -0.1) is 0 Å². The number of benzene rings is 3. The fraction of sp³-hybridized carbons (Fsp3) is 0.160. The molecule has 0 aliphatic carbocycles. The van der Waals surface area contributed by atoms with E-state index in [-0.39, 0.29) is 22.7 Å². The lowest BCUT2D eigenvalue weighted by atomic mass is 9.97. The second-order valence-electron chi connectivity index (χ2n) is 6.88. The van der Waals surface area contributed by atoms with E-state index in [0.29, 0.717) is 16.9 Å². The van der Waals surface area contributed by atoms with Crippen molar-refractivity contribution in [2.75, 3.05) is 7.11 Å². The summed E-state index contributed by atoms with van der Waals surface area (Å²) >= 11 is 0. The second-order valence-corrected chi connectivity index (χ2v) is 6.88. The van der Waals surface area contributed by atoms with Gasteiger partial charge < -0.3 is 9.47 Å². The highest BCUT2D eigenvalue weighted by Gasteiger charge is 2.24. The van der Waals surface area contributed by atoms with Crippen molar-refractivity contribution in [3.63, 3.8) is 0 Å². The number of rotatable bonds is 7. The van der Waals surface area contributed by atoms with E-state index in [4.69, 9.17) is 9.47 Å². The minimum Gasteiger partial charge on any atom is -0.497 e. The van der Waals surface area contributed by atoms with Crippen LogP contribution in [-0.2, 0) is 4.74 Å². The summed E-state index contributed by atoms with van der Waals surface area (Å²) in [6, 6.07) is 20.1. The van der Waals surface area contributed by atoms with Crippen molar-refractivity contribution in [2.45, 2.75) is 20.0 Å². The van der Waals surface area contributed by atoms with Crippen molar-refractivity contribution >= 4 is 17.5 Å². The Morgan fingerprint density at radius 2 is 1.33 bits per heavy atom. The van der Waals surface area contributed by atoms with Crippen LogP contribution in [0.5, 0.6) is 5.75 Å². The first-order valence-electron chi connectivity index (χ1n) is 9.50. The molecule has 0 saturated carbocycles. The summed E-state index contributed by atoms with van der Waals surface area (Å²) in [5.74, 6) is -0.717. The van der Waals surface area contributed by atoms with Gasteiger partial charge in [-0.1, -0.05) is 48.0 Å². The minimum absolute atomic E-state index is 0.123. The first-order valence-corrected chi connectivity index (χ1v) is 9.50. The average Bonchev–Trinajstić information content (AvgIpc) is 2.78. The molecular formula is C25H22O5. The molecule has 3 rings (SSSR count). The van der Waals surface area contributed by atoms with Crippen molar-refractivity contribution in [1.29, 1.82) is 0 Å². The third-order valence-corrected chi connectivity index (χ3v) is 4.73. The van der Waals surface area contributed by atoms with Crippen LogP contribution in [0.1, 0.15) is 49.1 Å². The first-order chi connectivity index (χ1) is 14.4. The molecule has 0 N–H and O–H groups in total. The molecule has 1 atom stereocenters. The van der Waals surface area contributed by atoms with Crippen LogP contribution in [0.2, 0.25) is 0 Å². The number of carbonyl (C=O) groups is 3. The molecular weight excluding hydrogens is 380 g/mol. The number of aryl methyl sites for hydroxylation is 1. The molecule has 5 nitrogen and oxygen atoms in total. The van der Waals surface area contributed by atoms with E-state index in [1.54, 1.807) is 54.6 Å². The Morgan fingerprint density at radius 3 is 1.93 bits per heavy atom. The second kappa shape index (κ2) is 9.18. The van der Waals surface area contributed by atoms with Crippen molar-refractivity contribution < 1.29 is 23.9 Å². The lowest BCUT2D eigenvalue weighted by Crippen LogP contribution is -2.25. The molecule has 0 amide bonds. The van der Waals surface area contributed by atoms with Gasteiger partial charge in [-0.2, -0.15) is 0 Å². The van der Waals surface area contributed by atoms with Crippen LogP contribution in [0.4, 0.5) is 0 Å². The summed E-state index contributed by atoms with van der Waals surface area (Å²) in [4.78, 5) is 38.3. The Bertz CT molecular complexity index is 1070. The average molecular weight is 402 g/mol. The van der Waals surface area contributed by atoms with Crippen molar-refractivity contribution in [1.82, 2.24) is 0 Å². The van der Waals surface area contributed by atoms with E-state index < -0.39 is 12.1 Å². The smallest absolute Gasteiger partial charge is 0.339 e. The molecule has 0 aromatic heterocycles. The highest BCUT2D eigenvalue weighted by Crippen LogP contribution is 2.19. The molecule has 0 heterocycles. The fourth-order valence-electron chi connectivity index (χ4n) is 2.99. The van der Waals surface area contributed by atoms with Gasteiger partial charge >= 0.3 is 5.97 Å². The summed E-state index contributed by atoms with van der Waals surface area (Å²) in [5.41, 5.74) is 2.27. The number of Topliss-reactive ketones (excluding diaryl/α,β-unsaturated/α-hetero) is 1. The zero-order valence-electron chi connectivity index (χ0n) is 17.0. The molecule has 0 aliphatic rings. The number of esters is 1. The van der Waals surface area contributed by atoms with E-state index in [1.165, 1.54) is 20.1 Å². The molecule has 0 aliphatic heterocycles. The molecule has 3 aromatic carbocycles. The zero-order valence-corrected chi connectivity index (χ0v) is 17.0. The molecule has 3 aromatic rings. The van der Waals surface area contributed by atoms with Crippen molar-refractivity contribution in [3.05, 3.63) is 101 Å². The summed E-state index contributed by atoms with van der Waals surface area (Å²) in [5, 5.41) is 0. The van der Waals surface area contributed by atoms with Crippen LogP contribution in [-0.4, -0.2) is 30.7 Å². The van der Waals surface area contributed by atoms with Gasteiger partial charge in [-0.25, -0.2) is 4.79 Å². The van der Waals surface area contributed by atoms with Gasteiger partial charge in [0.2, 0.25) is 5.78 Å². The monoisotopic (exact) mass is 402 g/mol. The standard InChI is InChI=1S/C25H22O5/c1-16-8-10-19(11-9-16)24(27)21-6-4-5-7-22(21)25(28)30-17(2)23(26)18-12-14-20(29-3)15-13-18/h4-15,17H,1-3H3/t17-/m0/s1. The van der Waals surface area contributed by atoms with Crippen LogP contribution < -0.4 is 4.74 Å². The maximum atomic E-state index is 12.9. The molecule has 30 heavy (non-hydrogen) atoms. The third-order valence-electron chi connectivity index (χ3n) is 4.73. The number of ether oxygens (including phenoxy) is 2. The van der Waals surface area contributed by atoms with Gasteiger partial charge in [0.1, 0.15) is 5.75 Å². The normalized spacial score (nSPS) is 11.4. The fourth-order valence-corrected chi connectivity index (χ4v) is 2.99. The lowest BCUT2D eigenvalue weighted by Gasteiger charge is -2.14. The summed E-state index contributed by atoms with van der Waals surface area (Å²) in [6.45, 7) is 3.44. The highest BCUT2D eigenvalue weighted by atomic mass is 16.5. The van der Waals surface area contributed by atoms with Crippen molar-refractivity contribution in [3.8, 4) is 5.75 Å². The molecule has 0 spiro atoms. The number of hydrogen-bond acceptors (Lipinski definition) is 5. The SMILES string of the molecule is COc1ccc(C(=O)[C@H](C)OC(=O)c2ccccc2C(=O)c2ccc(C)cc2)cc1. The van der Waals surface area contributed by atoms with E-state index in [1.807, 2.05) is 19.1 Å². The molecule has 0 unspecified atom stereocenters. The Labute approximate surface area is 175 Å². The Balaban J connectivity index is 1.79. The van der Waals surface area contributed by atoms with E-state index >= 15 is 0 Å². The van der Waals surface area contributed by atoms with Crippen LogP contribution in [0.15, 0.2) is 72.8 Å². The lowest BCUT2D eigenvalue weighted by molar-refractivity contribution is 0.0317. The largest absolute Gasteiger partial charge is 0.497 e. The molecule has 0 radical (unpaired) electrons. The van der Waals surface area contributed by atoms with Gasteiger partial charge in [0.05, 0.1) is 12.7 Å². The predicted molar refractivity (Wildman–Crippen MR) is 113 cm³/mol. The maximum absolute atomic E-state index is 12.9. The molecule has 0 bridgehead atoms. The summed E-state index contributed by atoms with van der Waals surface area (Å²) in [7, 11) is 1.54. The van der Waals surface area contributed by atoms with Crippen LogP contribution in [0, 0.1) is 6.92 Å². The van der Waals surface area contributed by atoms with Crippen molar-refractivity contribution in [2.24, 2.45) is 0 Å². The van der Waals surface area contributed by atoms with E-state index in [2.05, 4.69) is 0 Å². The Morgan fingerprint density at radius 1 is 0.767 bits per heavy atom. The Kier molecular flexibility index (Phi) is 6.42. The van der Waals surface area contributed by atoms with Gasteiger partial charge in [0, 0.05) is 16.7 Å². The van der Waals surface area contributed by atoms with Crippen LogP contribution in [0.25, 0.3) is 0 Å². The van der Waals surface area contributed by atoms with E-state index in [0.717, 1.165) is 5.56 Å². The molecule has 0 saturated heterocycles. The van der Waals surface area contributed by atoms with Gasteiger partial charge in [0.25, 0.3) is 0 Å². The van der Waals surface area contributed by atoms with Crippen LogP contribution in [0.3, 0.4) is 0 Å². The third kappa shape index (κ3) is 4.63. The molecule has 5 heteroatoms. The quantitative estimate of drug-likeness (QED) is 0.425. The number of hydrogen-bond donors (Lipinski definition) is 0. The summed E-state index contributed by atoms with van der Waals surface area (Å²) in [6.07, 6.45) is -1.01.